The third-order valence-corrected chi connectivity index (χ3v) is 5.20. The molecule has 0 saturated heterocycles. The summed E-state index contributed by atoms with van der Waals surface area (Å²) in [6.07, 6.45) is 0. The lowest BCUT2D eigenvalue weighted by Gasteiger charge is -2.10. The Hall–Kier alpha value is -1.89. The van der Waals surface area contributed by atoms with Gasteiger partial charge < -0.3 is 5.32 Å². The maximum absolute atomic E-state index is 12.1. The van der Waals surface area contributed by atoms with Crippen LogP contribution in [0.25, 0.3) is 0 Å². The number of hydrogen-bond donors (Lipinski definition) is 2. The molecule has 128 valence electrons. The van der Waals surface area contributed by atoms with Crippen LogP contribution in [0.2, 0.25) is 5.02 Å². The van der Waals surface area contributed by atoms with Gasteiger partial charge in [0.15, 0.2) is 0 Å². The lowest BCUT2D eigenvalue weighted by molar-refractivity contribution is -0.115. The van der Waals surface area contributed by atoms with Gasteiger partial charge in [-0.05, 0) is 43.2 Å². The Morgan fingerprint density at radius 1 is 1.08 bits per heavy atom. The van der Waals surface area contributed by atoms with E-state index in [0.29, 0.717) is 21.8 Å². The van der Waals surface area contributed by atoms with Crippen LogP contribution in [0.1, 0.15) is 16.7 Å². The van der Waals surface area contributed by atoms with Crippen molar-refractivity contribution in [1.82, 2.24) is 4.72 Å². The molecule has 1 amide bonds. The number of anilines is 1. The van der Waals surface area contributed by atoms with Crippen molar-refractivity contribution >= 4 is 33.2 Å². The topological polar surface area (TPSA) is 75.3 Å². The first-order valence-corrected chi connectivity index (χ1v) is 9.38. The van der Waals surface area contributed by atoms with Crippen molar-refractivity contribution in [2.45, 2.75) is 19.6 Å². The van der Waals surface area contributed by atoms with Crippen molar-refractivity contribution < 1.29 is 13.2 Å². The van der Waals surface area contributed by atoms with Gasteiger partial charge in [0.1, 0.15) is 0 Å². The largest absolute Gasteiger partial charge is 0.325 e. The summed E-state index contributed by atoms with van der Waals surface area (Å²) in [7, 11) is -3.64. The van der Waals surface area contributed by atoms with E-state index in [0.717, 1.165) is 5.56 Å². The second-order valence-electron chi connectivity index (χ2n) is 5.52. The Labute approximate surface area is 147 Å². The van der Waals surface area contributed by atoms with E-state index in [-0.39, 0.29) is 12.3 Å². The molecule has 0 atom stereocenters. The Bertz CT molecular complexity index is 833. The molecule has 2 N–H and O–H groups in total. The molecule has 2 aromatic carbocycles. The Kier molecular flexibility index (Phi) is 5.99. The van der Waals surface area contributed by atoms with Gasteiger partial charge in [-0.1, -0.05) is 41.4 Å². The minimum Gasteiger partial charge on any atom is -0.325 e. The molecule has 0 fully saturated rings. The van der Waals surface area contributed by atoms with Gasteiger partial charge in [0.25, 0.3) is 0 Å². The van der Waals surface area contributed by atoms with Crippen LogP contribution in [0.4, 0.5) is 5.69 Å². The summed E-state index contributed by atoms with van der Waals surface area (Å²) in [5.41, 5.74) is 3.02. The van der Waals surface area contributed by atoms with Crippen LogP contribution in [-0.2, 0) is 20.6 Å². The fraction of sp³-hybridized carbons (Fsp3) is 0.235. The summed E-state index contributed by atoms with van der Waals surface area (Å²) in [5.74, 6) is -0.651. The summed E-state index contributed by atoms with van der Waals surface area (Å²) < 4.78 is 26.6. The zero-order valence-corrected chi connectivity index (χ0v) is 15.0. The number of nitrogens with one attached hydrogen (secondary N) is 2. The first kappa shape index (κ1) is 18.4. The number of sulfonamides is 1. The summed E-state index contributed by atoms with van der Waals surface area (Å²) in [5, 5.41) is 3.15. The van der Waals surface area contributed by atoms with Crippen molar-refractivity contribution in [3.8, 4) is 0 Å². The first-order chi connectivity index (χ1) is 11.3. The monoisotopic (exact) mass is 366 g/mol. The fourth-order valence-electron chi connectivity index (χ4n) is 2.08. The van der Waals surface area contributed by atoms with E-state index in [1.165, 1.54) is 0 Å². The number of hydrogen-bond acceptors (Lipinski definition) is 3. The van der Waals surface area contributed by atoms with Crippen LogP contribution in [0.5, 0.6) is 0 Å². The van der Waals surface area contributed by atoms with Gasteiger partial charge in [-0.3, -0.25) is 4.79 Å². The van der Waals surface area contributed by atoms with E-state index in [1.807, 2.05) is 19.1 Å². The standard InChI is InChI=1S/C17H19ClN2O3S/c1-12-6-8-15(9-7-12)20-17(21)10-19-24(22,23)11-14-4-3-5-16(18)13(14)2/h3-9,19H,10-11H2,1-2H3,(H,20,21). The molecule has 0 radical (unpaired) electrons. The first-order valence-electron chi connectivity index (χ1n) is 7.35. The van der Waals surface area contributed by atoms with E-state index in [9.17, 15) is 13.2 Å². The maximum atomic E-state index is 12.1. The molecule has 0 unspecified atom stereocenters. The minimum absolute atomic E-state index is 0.225. The number of halogens is 1. The normalized spacial score (nSPS) is 11.3. The van der Waals surface area contributed by atoms with Crippen molar-refractivity contribution in [1.29, 1.82) is 0 Å². The molecule has 7 heteroatoms. The zero-order valence-electron chi connectivity index (χ0n) is 13.5. The van der Waals surface area contributed by atoms with E-state index in [4.69, 9.17) is 11.6 Å². The fourth-order valence-corrected chi connectivity index (χ4v) is 3.45. The molecule has 2 rings (SSSR count). The molecule has 0 spiro atoms. The van der Waals surface area contributed by atoms with Gasteiger partial charge in [0.05, 0.1) is 12.3 Å². The summed E-state index contributed by atoms with van der Waals surface area (Å²) in [4.78, 5) is 11.9. The number of amides is 1. The quantitative estimate of drug-likeness (QED) is 0.825. The van der Waals surface area contributed by atoms with Crippen LogP contribution in [0.3, 0.4) is 0 Å². The van der Waals surface area contributed by atoms with Crippen LogP contribution in [0, 0.1) is 13.8 Å². The van der Waals surface area contributed by atoms with E-state index < -0.39 is 15.9 Å². The molecule has 0 aromatic heterocycles. The third kappa shape index (κ3) is 5.33. The summed E-state index contributed by atoms with van der Waals surface area (Å²) >= 11 is 5.99. The molecule has 0 aliphatic heterocycles. The third-order valence-electron chi connectivity index (χ3n) is 3.51. The second-order valence-corrected chi connectivity index (χ2v) is 7.73. The SMILES string of the molecule is Cc1ccc(NC(=O)CNS(=O)(=O)Cc2cccc(Cl)c2C)cc1. The van der Waals surface area contributed by atoms with Gasteiger partial charge >= 0.3 is 0 Å². The lowest BCUT2D eigenvalue weighted by atomic mass is 10.1. The minimum atomic E-state index is -3.64. The van der Waals surface area contributed by atoms with Crippen LogP contribution in [0.15, 0.2) is 42.5 Å². The number of carbonyl (C=O) groups is 1. The van der Waals surface area contributed by atoms with Gasteiger partial charge in [-0.25, -0.2) is 13.1 Å². The predicted molar refractivity (Wildman–Crippen MR) is 96.6 cm³/mol. The average Bonchev–Trinajstić information content (AvgIpc) is 2.52. The maximum Gasteiger partial charge on any atom is 0.239 e. The number of aryl methyl sites for hydroxylation is 1. The summed E-state index contributed by atoms with van der Waals surface area (Å²) in [6.45, 7) is 3.38. The molecule has 5 nitrogen and oxygen atoms in total. The molecule has 2 aromatic rings. The second kappa shape index (κ2) is 7.79. The molecule has 0 saturated carbocycles. The molecule has 0 heterocycles. The van der Waals surface area contributed by atoms with Gasteiger partial charge in [-0.2, -0.15) is 0 Å². The zero-order chi connectivity index (χ0) is 17.7. The van der Waals surface area contributed by atoms with Crippen molar-refractivity contribution in [3.63, 3.8) is 0 Å². The Morgan fingerprint density at radius 3 is 2.42 bits per heavy atom. The average molecular weight is 367 g/mol. The van der Waals surface area contributed by atoms with Crippen molar-refractivity contribution in [2.24, 2.45) is 0 Å². The molecule has 0 aliphatic carbocycles. The van der Waals surface area contributed by atoms with E-state index >= 15 is 0 Å². The smallest absolute Gasteiger partial charge is 0.239 e. The highest BCUT2D eigenvalue weighted by Crippen LogP contribution is 2.20. The highest BCUT2D eigenvalue weighted by Gasteiger charge is 2.15. The lowest BCUT2D eigenvalue weighted by Crippen LogP contribution is -2.33. The van der Waals surface area contributed by atoms with Crippen LogP contribution >= 0.6 is 11.6 Å². The number of carbonyl (C=O) groups excluding carboxylic acids is 1. The van der Waals surface area contributed by atoms with Crippen LogP contribution in [-0.4, -0.2) is 20.9 Å². The van der Waals surface area contributed by atoms with E-state index in [2.05, 4.69) is 10.0 Å². The van der Waals surface area contributed by atoms with Crippen molar-refractivity contribution in [3.05, 3.63) is 64.2 Å². The Balaban J connectivity index is 1.93. The number of benzene rings is 2. The van der Waals surface area contributed by atoms with Gasteiger partial charge in [0, 0.05) is 10.7 Å². The summed E-state index contributed by atoms with van der Waals surface area (Å²) in [6, 6.07) is 12.4. The molecule has 24 heavy (non-hydrogen) atoms. The molecule has 0 aliphatic rings. The molecule has 0 bridgehead atoms. The highest BCUT2D eigenvalue weighted by atomic mass is 35.5. The Morgan fingerprint density at radius 2 is 1.75 bits per heavy atom. The molecular weight excluding hydrogens is 348 g/mol. The van der Waals surface area contributed by atoms with Crippen LogP contribution < -0.4 is 10.0 Å². The van der Waals surface area contributed by atoms with Gasteiger partial charge in [0.2, 0.25) is 15.9 Å². The van der Waals surface area contributed by atoms with Crippen molar-refractivity contribution in [2.75, 3.05) is 11.9 Å². The highest BCUT2D eigenvalue weighted by molar-refractivity contribution is 7.88. The predicted octanol–water partition coefficient (Wildman–Crippen LogP) is 3.01. The number of rotatable bonds is 6. The van der Waals surface area contributed by atoms with Gasteiger partial charge in [-0.15, -0.1) is 0 Å². The van der Waals surface area contributed by atoms with E-state index in [1.54, 1.807) is 37.3 Å². The molecular formula is C17H19ClN2O3S.